The monoisotopic (exact) mass is 354 g/mol. The summed E-state index contributed by atoms with van der Waals surface area (Å²) < 4.78 is 19.7. The molecule has 0 saturated heterocycles. The lowest BCUT2D eigenvalue weighted by molar-refractivity contribution is 0.164. The Balaban J connectivity index is 2.77. The van der Waals surface area contributed by atoms with Crippen LogP contribution in [0.4, 0.5) is 4.39 Å². The highest BCUT2D eigenvalue weighted by molar-refractivity contribution is 9.10. The fourth-order valence-electron chi connectivity index (χ4n) is 1.38. The van der Waals surface area contributed by atoms with Crippen LogP contribution in [0.15, 0.2) is 16.6 Å². The maximum atomic E-state index is 13.4. The van der Waals surface area contributed by atoms with Crippen molar-refractivity contribution in [3.05, 3.63) is 27.4 Å². The first-order valence-electron chi connectivity index (χ1n) is 5.64. The first kappa shape index (κ1) is 16.1. The van der Waals surface area contributed by atoms with Crippen LogP contribution in [0.2, 0.25) is 5.02 Å². The minimum atomic E-state index is -0.479. The topological polar surface area (TPSA) is 9.23 Å². The maximum Gasteiger partial charge on any atom is 0.145 e. The Morgan fingerprint density at radius 1 is 1.44 bits per heavy atom. The molecule has 0 radical (unpaired) electrons. The summed E-state index contributed by atoms with van der Waals surface area (Å²) in [5.41, 5.74) is 0.0964. The normalized spacial score (nSPS) is 13.5. The van der Waals surface area contributed by atoms with Gasteiger partial charge in [-0.3, -0.25) is 0 Å². The molecule has 0 aliphatic heterocycles. The number of rotatable bonds is 4. The lowest BCUT2D eigenvalue weighted by Crippen LogP contribution is -2.28. The van der Waals surface area contributed by atoms with Crippen molar-refractivity contribution in [2.75, 3.05) is 12.4 Å². The Bertz CT molecular complexity index is 420. The second kappa shape index (κ2) is 6.49. The van der Waals surface area contributed by atoms with Crippen LogP contribution in [0.5, 0.6) is 5.75 Å². The van der Waals surface area contributed by atoms with Gasteiger partial charge in [0.15, 0.2) is 0 Å². The van der Waals surface area contributed by atoms with Crippen LogP contribution in [0.25, 0.3) is 0 Å². The zero-order valence-corrected chi connectivity index (χ0v) is 13.9. The molecular weight excluding hydrogens is 339 g/mol. The van der Waals surface area contributed by atoms with E-state index in [9.17, 15) is 4.39 Å². The van der Waals surface area contributed by atoms with E-state index in [0.29, 0.717) is 16.8 Å². The summed E-state index contributed by atoms with van der Waals surface area (Å²) in [6, 6.07) is 2.80. The van der Waals surface area contributed by atoms with Crippen LogP contribution in [0.1, 0.15) is 20.8 Å². The molecule has 1 unspecified atom stereocenters. The second-order valence-electron chi connectivity index (χ2n) is 5.25. The fraction of sp³-hybridized carbons (Fsp3) is 0.538. The SMILES string of the molecule is CC(C)(C)C(CS)COc1cc(F)c(Cl)cc1Br. The largest absolute Gasteiger partial charge is 0.492 e. The van der Waals surface area contributed by atoms with E-state index in [1.54, 1.807) is 0 Å². The predicted octanol–water partition coefficient (Wildman–Crippen LogP) is 5.21. The van der Waals surface area contributed by atoms with E-state index in [4.69, 9.17) is 16.3 Å². The van der Waals surface area contributed by atoms with E-state index in [2.05, 4.69) is 49.3 Å². The van der Waals surface area contributed by atoms with Crippen LogP contribution >= 0.6 is 40.2 Å². The summed E-state index contributed by atoms with van der Waals surface area (Å²) in [6.45, 7) is 6.89. The fourth-order valence-corrected chi connectivity index (χ4v) is 2.79. The summed E-state index contributed by atoms with van der Waals surface area (Å²) in [4.78, 5) is 0. The van der Waals surface area contributed by atoms with Gasteiger partial charge >= 0.3 is 0 Å². The van der Waals surface area contributed by atoms with Crippen LogP contribution in [0.3, 0.4) is 0 Å². The molecule has 0 aromatic heterocycles. The standard InChI is InChI=1S/C13H17BrClFOS/c1-13(2,3)8(7-18)6-17-12-5-11(16)10(15)4-9(12)14/h4-5,8,18H,6-7H2,1-3H3. The number of thiol groups is 1. The zero-order valence-electron chi connectivity index (χ0n) is 10.6. The molecule has 102 valence electrons. The summed E-state index contributed by atoms with van der Waals surface area (Å²) in [6.07, 6.45) is 0. The van der Waals surface area contributed by atoms with Gasteiger partial charge < -0.3 is 4.74 Å². The Labute approximate surface area is 127 Å². The van der Waals surface area contributed by atoms with E-state index in [0.717, 1.165) is 5.75 Å². The average Bonchev–Trinajstić information content (AvgIpc) is 2.24. The molecule has 0 heterocycles. The lowest BCUT2D eigenvalue weighted by atomic mass is 9.82. The highest BCUT2D eigenvalue weighted by atomic mass is 79.9. The molecule has 0 saturated carbocycles. The molecule has 0 bridgehead atoms. The van der Waals surface area contributed by atoms with Gasteiger partial charge in [-0.1, -0.05) is 32.4 Å². The van der Waals surface area contributed by atoms with Crippen LogP contribution < -0.4 is 4.74 Å². The van der Waals surface area contributed by atoms with Gasteiger partial charge in [0, 0.05) is 12.0 Å². The highest BCUT2D eigenvalue weighted by Gasteiger charge is 2.24. The lowest BCUT2D eigenvalue weighted by Gasteiger charge is -2.29. The van der Waals surface area contributed by atoms with Crippen molar-refractivity contribution in [2.24, 2.45) is 11.3 Å². The van der Waals surface area contributed by atoms with E-state index >= 15 is 0 Å². The second-order valence-corrected chi connectivity index (χ2v) is 6.88. The summed E-state index contributed by atoms with van der Waals surface area (Å²) in [5, 5.41) is 0.0794. The third-order valence-corrected chi connectivity index (χ3v) is 4.21. The van der Waals surface area contributed by atoms with Crippen LogP contribution in [-0.4, -0.2) is 12.4 Å². The molecule has 0 N–H and O–H groups in total. The third kappa shape index (κ3) is 4.32. The highest BCUT2D eigenvalue weighted by Crippen LogP contribution is 2.33. The molecule has 1 rings (SSSR count). The molecule has 0 amide bonds. The Hall–Kier alpha value is 0.0700. The first-order valence-corrected chi connectivity index (χ1v) is 7.44. The van der Waals surface area contributed by atoms with Crippen LogP contribution in [0, 0.1) is 17.2 Å². The molecule has 1 aromatic carbocycles. The van der Waals surface area contributed by atoms with Crippen LogP contribution in [-0.2, 0) is 0 Å². The van der Waals surface area contributed by atoms with Crippen molar-refractivity contribution in [1.82, 2.24) is 0 Å². The van der Waals surface area contributed by atoms with Gasteiger partial charge in [-0.15, -0.1) is 0 Å². The third-order valence-electron chi connectivity index (χ3n) is 2.86. The Kier molecular flexibility index (Phi) is 5.81. The molecule has 1 atom stereocenters. The molecular formula is C13H17BrClFOS. The van der Waals surface area contributed by atoms with E-state index in [1.807, 2.05) is 0 Å². The van der Waals surface area contributed by atoms with Gasteiger partial charge in [0.05, 0.1) is 16.1 Å². The summed E-state index contributed by atoms with van der Waals surface area (Å²) in [5.74, 6) is 0.990. The minimum Gasteiger partial charge on any atom is -0.492 e. The van der Waals surface area contributed by atoms with Gasteiger partial charge in [-0.25, -0.2) is 4.39 Å². The number of benzene rings is 1. The predicted molar refractivity (Wildman–Crippen MR) is 81.4 cm³/mol. The molecule has 5 heteroatoms. The quantitative estimate of drug-likeness (QED) is 0.576. The van der Waals surface area contributed by atoms with E-state index < -0.39 is 5.82 Å². The Morgan fingerprint density at radius 3 is 2.56 bits per heavy atom. The molecule has 0 aliphatic rings. The van der Waals surface area contributed by atoms with Crippen molar-refractivity contribution in [3.63, 3.8) is 0 Å². The average molecular weight is 356 g/mol. The number of hydrogen-bond acceptors (Lipinski definition) is 2. The van der Waals surface area contributed by atoms with Gasteiger partial charge in [-0.05, 0) is 33.2 Å². The molecule has 0 fully saturated rings. The van der Waals surface area contributed by atoms with Crippen molar-refractivity contribution in [2.45, 2.75) is 20.8 Å². The molecule has 0 spiro atoms. The van der Waals surface area contributed by atoms with Crippen molar-refractivity contribution in [3.8, 4) is 5.75 Å². The molecule has 18 heavy (non-hydrogen) atoms. The summed E-state index contributed by atoms with van der Waals surface area (Å²) >= 11 is 13.3. The van der Waals surface area contributed by atoms with Crippen molar-refractivity contribution in [1.29, 1.82) is 0 Å². The van der Waals surface area contributed by atoms with Gasteiger partial charge in [0.1, 0.15) is 11.6 Å². The van der Waals surface area contributed by atoms with Crippen molar-refractivity contribution >= 4 is 40.2 Å². The van der Waals surface area contributed by atoms with Gasteiger partial charge in [0.2, 0.25) is 0 Å². The molecule has 1 nitrogen and oxygen atoms in total. The maximum absolute atomic E-state index is 13.4. The number of halogens is 3. The smallest absolute Gasteiger partial charge is 0.145 e. The van der Waals surface area contributed by atoms with E-state index in [-0.39, 0.29) is 16.4 Å². The van der Waals surface area contributed by atoms with Gasteiger partial charge in [0.25, 0.3) is 0 Å². The number of ether oxygens (including phenoxy) is 1. The molecule has 0 aliphatic carbocycles. The van der Waals surface area contributed by atoms with Gasteiger partial charge in [-0.2, -0.15) is 12.6 Å². The zero-order chi connectivity index (χ0) is 13.9. The first-order chi connectivity index (χ1) is 8.25. The minimum absolute atomic E-state index is 0.0794. The summed E-state index contributed by atoms with van der Waals surface area (Å²) in [7, 11) is 0. The van der Waals surface area contributed by atoms with E-state index in [1.165, 1.54) is 12.1 Å². The molecule has 1 aromatic rings. The number of hydrogen-bond donors (Lipinski definition) is 1. The van der Waals surface area contributed by atoms with Crippen molar-refractivity contribution < 1.29 is 9.13 Å². The Morgan fingerprint density at radius 2 is 2.06 bits per heavy atom.